The van der Waals surface area contributed by atoms with Gasteiger partial charge in [-0.2, -0.15) is 0 Å². The standard InChI is InChI=1S/C24H31N3O4/c1-2-31-23(28)17-10-13-26(14-11-17)21-9-12-24(25-21)19-6-3-18(15-19)22(24)16-4-7-20(8-5-16)27(29)30/h4-5,7-8,17-19,22H,2-3,6,9-15H2,1H3. The molecule has 2 heterocycles. The quantitative estimate of drug-likeness (QED) is 0.408. The van der Waals surface area contributed by atoms with Crippen LogP contribution in [0.2, 0.25) is 0 Å². The van der Waals surface area contributed by atoms with E-state index >= 15 is 0 Å². The monoisotopic (exact) mass is 425 g/mol. The fourth-order valence-electron chi connectivity index (χ4n) is 6.85. The molecular weight excluding hydrogens is 394 g/mol. The summed E-state index contributed by atoms with van der Waals surface area (Å²) >= 11 is 0. The Morgan fingerprint density at radius 2 is 1.97 bits per heavy atom. The normalized spacial score (nSPS) is 32.5. The second-order valence-corrected chi connectivity index (χ2v) is 9.63. The molecule has 4 atom stereocenters. The Labute approximate surface area is 183 Å². The van der Waals surface area contributed by atoms with Crippen molar-refractivity contribution in [3.8, 4) is 0 Å². The zero-order valence-electron chi connectivity index (χ0n) is 18.2. The van der Waals surface area contributed by atoms with Gasteiger partial charge in [0.15, 0.2) is 0 Å². The first-order chi connectivity index (χ1) is 15.0. The lowest BCUT2D eigenvalue weighted by Crippen LogP contribution is -2.41. The highest BCUT2D eigenvalue weighted by atomic mass is 16.6. The van der Waals surface area contributed by atoms with Crippen molar-refractivity contribution >= 4 is 17.5 Å². The molecule has 0 amide bonds. The maximum absolute atomic E-state index is 12.1. The number of nitro benzene ring substituents is 1. The van der Waals surface area contributed by atoms with Gasteiger partial charge in [-0.05, 0) is 62.8 Å². The third kappa shape index (κ3) is 3.42. The maximum Gasteiger partial charge on any atom is 0.309 e. The Morgan fingerprint density at radius 3 is 2.65 bits per heavy atom. The largest absolute Gasteiger partial charge is 0.466 e. The molecule has 1 spiro atoms. The molecule has 7 nitrogen and oxygen atoms in total. The van der Waals surface area contributed by atoms with Crippen LogP contribution < -0.4 is 0 Å². The minimum Gasteiger partial charge on any atom is -0.466 e. The molecule has 0 aromatic heterocycles. The van der Waals surface area contributed by atoms with Crippen LogP contribution in [0.3, 0.4) is 0 Å². The number of hydrogen-bond donors (Lipinski definition) is 0. The molecule has 2 aliphatic heterocycles. The van der Waals surface area contributed by atoms with E-state index in [1.54, 1.807) is 12.1 Å². The molecule has 0 radical (unpaired) electrons. The third-order valence-electron chi connectivity index (χ3n) is 8.22. The second kappa shape index (κ2) is 7.92. The second-order valence-electron chi connectivity index (χ2n) is 9.63. The van der Waals surface area contributed by atoms with Crippen LogP contribution >= 0.6 is 0 Å². The number of esters is 1. The van der Waals surface area contributed by atoms with Gasteiger partial charge < -0.3 is 9.64 Å². The lowest BCUT2D eigenvalue weighted by Gasteiger charge is -2.39. The summed E-state index contributed by atoms with van der Waals surface area (Å²) in [6, 6.07) is 7.22. The van der Waals surface area contributed by atoms with Gasteiger partial charge >= 0.3 is 5.97 Å². The highest BCUT2D eigenvalue weighted by molar-refractivity contribution is 5.85. The average Bonchev–Trinajstić information content (AvgIpc) is 3.50. The van der Waals surface area contributed by atoms with E-state index in [0.717, 1.165) is 38.8 Å². The molecule has 0 N–H and O–H groups in total. The number of rotatable bonds is 4. The number of benzene rings is 1. The average molecular weight is 426 g/mol. The number of hydrogen-bond acceptors (Lipinski definition) is 6. The fraction of sp³-hybridized carbons (Fsp3) is 0.667. The molecule has 1 aromatic carbocycles. The van der Waals surface area contributed by atoms with E-state index in [9.17, 15) is 14.9 Å². The van der Waals surface area contributed by atoms with Crippen molar-refractivity contribution in [1.29, 1.82) is 0 Å². The maximum atomic E-state index is 12.1. The van der Waals surface area contributed by atoms with Gasteiger partial charge in [0.1, 0.15) is 0 Å². The first-order valence-corrected chi connectivity index (χ1v) is 11.8. The lowest BCUT2D eigenvalue weighted by molar-refractivity contribution is -0.384. The van der Waals surface area contributed by atoms with Crippen LogP contribution in [-0.2, 0) is 9.53 Å². The summed E-state index contributed by atoms with van der Waals surface area (Å²) in [6.45, 7) is 4.04. The summed E-state index contributed by atoms with van der Waals surface area (Å²) < 4.78 is 5.21. The smallest absolute Gasteiger partial charge is 0.309 e. The molecule has 1 saturated heterocycles. The van der Waals surface area contributed by atoms with Gasteiger partial charge in [0.05, 0.1) is 28.8 Å². The van der Waals surface area contributed by atoms with Gasteiger partial charge in [0.2, 0.25) is 0 Å². The Hall–Kier alpha value is -2.44. The van der Waals surface area contributed by atoms with Crippen LogP contribution in [0.4, 0.5) is 5.69 Å². The van der Waals surface area contributed by atoms with E-state index in [2.05, 4.69) is 4.90 Å². The first-order valence-electron chi connectivity index (χ1n) is 11.8. The third-order valence-corrected chi connectivity index (χ3v) is 8.22. The molecule has 3 fully saturated rings. The van der Waals surface area contributed by atoms with Crippen LogP contribution in [0.5, 0.6) is 0 Å². The molecule has 2 aliphatic carbocycles. The summed E-state index contributed by atoms with van der Waals surface area (Å²) in [5.41, 5.74) is 1.32. The number of likely N-dealkylation sites (tertiary alicyclic amines) is 1. The highest BCUT2D eigenvalue weighted by Crippen LogP contribution is 2.63. The number of nitrogens with zero attached hydrogens (tertiary/aromatic N) is 3. The van der Waals surface area contributed by atoms with Crippen LogP contribution in [0, 0.1) is 27.9 Å². The van der Waals surface area contributed by atoms with Crippen molar-refractivity contribution < 1.29 is 14.5 Å². The highest BCUT2D eigenvalue weighted by Gasteiger charge is 2.60. The molecule has 4 aliphatic rings. The van der Waals surface area contributed by atoms with Crippen molar-refractivity contribution in [2.75, 3.05) is 19.7 Å². The molecule has 4 unspecified atom stereocenters. The number of non-ortho nitro benzene ring substituents is 1. The van der Waals surface area contributed by atoms with E-state index in [1.165, 1.54) is 30.7 Å². The minimum atomic E-state index is -0.327. The summed E-state index contributed by atoms with van der Waals surface area (Å²) in [6.07, 6.45) is 7.45. The van der Waals surface area contributed by atoms with Gasteiger partial charge in [-0.3, -0.25) is 19.9 Å². The summed E-state index contributed by atoms with van der Waals surface area (Å²) in [5, 5.41) is 11.1. The number of carbonyl (C=O) groups excluding carboxylic acids is 1. The zero-order valence-corrected chi connectivity index (χ0v) is 18.2. The number of nitro groups is 1. The first kappa shape index (κ1) is 20.5. The number of piperidine rings is 1. The Bertz CT molecular complexity index is 891. The molecule has 166 valence electrons. The van der Waals surface area contributed by atoms with E-state index < -0.39 is 0 Å². The predicted octanol–water partition coefficient (Wildman–Crippen LogP) is 4.31. The molecule has 31 heavy (non-hydrogen) atoms. The number of ether oxygens (including phenoxy) is 1. The van der Waals surface area contributed by atoms with Gasteiger partial charge in [0, 0.05) is 37.6 Å². The molecule has 1 aromatic rings. The zero-order chi connectivity index (χ0) is 21.6. The van der Waals surface area contributed by atoms with E-state index in [0.29, 0.717) is 24.4 Å². The number of fused-ring (bicyclic) bond motifs is 3. The van der Waals surface area contributed by atoms with E-state index in [1.807, 2.05) is 19.1 Å². The topological polar surface area (TPSA) is 85.0 Å². The predicted molar refractivity (Wildman–Crippen MR) is 117 cm³/mol. The SMILES string of the molecule is CCOC(=O)C1CCN(C2=NC3(CC2)C2CCC(C2)C3c2ccc([N+](=O)[O-])cc2)CC1. The van der Waals surface area contributed by atoms with Crippen molar-refractivity contribution in [3.63, 3.8) is 0 Å². The summed E-state index contributed by atoms with van der Waals surface area (Å²) in [4.78, 5) is 30.7. The fourth-order valence-corrected chi connectivity index (χ4v) is 6.85. The van der Waals surface area contributed by atoms with Gasteiger partial charge in [-0.1, -0.05) is 12.1 Å². The van der Waals surface area contributed by atoms with Gasteiger partial charge in [-0.15, -0.1) is 0 Å². The molecule has 7 heteroatoms. The van der Waals surface area contributed by atoms with Crippen molar-refractivity contribution in [2.24, 2.45) is 22.7 Å². The van der Waals surface area contributed by atoms with Crippen LogP contribution in [0.25, 0.3) is 0 Å². The van der Waals surface area contributed by atoms with Crippen molar-refractivity contribution in [2.45, 2.75) is 63.3 Å². The number of aliphatic imine (C=N–C) groups is 1. The van der Waals surface area contributed by atoms with Crippen LogP contribution in [0.15, 0.2) is 29.3 Å². The van der Waals surface area contributed by atoms with Crippen LogP contribution in [-0.4, -0.2) is 46.9 Å². The molecule has 5 rings (SSSR count). The molecular formula is C24H31N3O4. The Balaban J connectivity index is 1.35. The minimum absolute atomic E-state index is 0.0162. The van der Waals surface area contributed by atoms with E-state index in [4.69, 9.17) is 9.73 Å². The summed E-state index contributed by atoms with van der Waals surface area (Å²) in [5.74, 6) is 2.78. The van der Waals surface area contributed by atoms with E-state index in [-0.39, 0.29) is 28.0 Å². The molecule has 2 bridgehead atoms. The molecule has 2 saturated carbocycles. The number of amidine groups is 1. The number of carbonyl (C=O) groups is 1. The van der Waals surface area contributed by atoms with Gasteiger partial charge in [-0.25, -0.2) is 0 Å². The van der Waals surface area contributed by atoms with Crippen LogP contribution in [0.1, 0.15) is 63.4 Å². The summed E-state index contributed by atoms with van der Waals surface area (Å²) in [7, 11) is 0. The lowest BCUT2D eigenvalue weighted by atomic mass is 9.69. The Morgan fingerprint density at radius 1 is 1.23 bits per heavy atom. The van der Waals surface area contributed by atoms with Gasteiger partial charge in [0.25, 0.3) is 5.69 Å². The van der Waals surface area contributed by atoms with Crippen molar-refractivity contribution in [1.82, 2.24) is 4.90 Å². The Kier molecular flexibility index (Phi) is 5.22. The van der Waals surface area contributed by atoms with Crippen molar-refractivity contribution in [3.05, 3.63) is 39.9 Å².